The van der Waals surface area contributed by atoms with Crippen LogP contribution in [0.2, 0.25) is 0 Å². The van der Waals surface area contributed by atoms with Crippen LogP contribution >= 0.6 is 0 Å². The zero-order valence-electron chi connectivity index (χ0n) is 13.0. The van der Waals surface area contributed by atoms with Crippen LogP contribution in [0.4, 0.5) is 0 Å². The van der Waals surface area contributed by atoms with Gasteiger partial charge < -0.3 is 14.8 Å². The largest absolute Gasteiger partial charge is 0.347 e. The Kier molecular flexibility index (Phi) is 5.62. The first kappa shape index (κ1) is 15.1. The molecule has 20 heavy (non-hydrogen) atoms. The van der Waals surface area contributed by atoms with Crippen molar-refractivity contribution >= 4 is 10.9 Å². The molecule has 0 unspecified atom stereocenters. The zero-order valence-corrected chi connectivity index (χ0v) is 13.0. The first-order chi connectivity index (χ1) is 9.72. The molecule has 0 atom stereocenters. The summed E-state index contributed by atoms with van der Waals surface area (Å²) in [6.07, 6.45) is 4.60. The van der Waals surface area contributed by atoms with E-state index in [0.717, 1.165) is 26.2 Å². The third kappa shape index (κ3) is 3.84. The molecule has 0 bridgehead atoms. The highest BCUT2D eigenvalue weighted by Gasteiger charge is 2.05. The number of rotatable bonds is 8. The lowest BCUT2D eigenvalue weighted by molar-refractivity contribution is 0.388. The van der Waals surface area contributed by atoms with Crippen molar-refractivity contribution in [1.82, 2.24) is 14.8 Å². The van der Waals surface area contributed by atoms with Gasteiger partial charge >= 0.3 is 0 Å². The van der Waals surface area contributed by atoms with Crippen molar-refractivity contribution in [2.75, 3.05) is 27.2 Å². The van der Waals surface area contributed by atoms with Gasteiger partial charge in [0, 0.05) is 30.2 Å². The maximum atomic E-state index is 3.49. The van der Waals surface area contributed by atoms with E-state index in [1.165, 1.54) is 29.3 Å². The van der Waals surface area contributed by atoms with Gasteiger partial charge in [0.25, 0.3) is 0 Å². The molecule has 2 rings (SSSR count). The molecular formula is C17H27N3. The van der Waals surface area contributed by atoms with Crippen molar-refractivity contribution in [2.24, 2.45) is 0 Å². The van der Waals surface area contributed by atoms with Crippen LogP contribution in [-0.4, -0.2) is 36.7 Å². The second-order valence-corrected chi connectivity index (χ2v) is 5.69. The molecule has 1 aromatic carbocycles. The molecular weight excluding hydrogens is 246 g/mol. The first-order valence-corrected chi connectivity index (χ1v) is 7.64. The molecule has 0 aliphatic carbocycles. The van der Waals surface area contributed by atoms with Crippen LogP contribution < -0.4 is 5.32 Å². The monoisotopic (exact) mass is 273 g/mol. The summed E-state index contributed by atoms with van der Waals surface area (Å²) in [6, 6.07) is 8.89. The van der Waals surface area contributed by atoms with Gasteiger partial charge in [0.2, 0.25) is 0 Å². The summed E-state index contributed by atoms with van der Waals surface area (Å²) in [5.41, 5.74) is 2.77. The average Bonchev–Trinajstić information content (AvgIpc) is 2.83. The van der Waals surface area contributed by atoms with Crippen LogP contribution in [0.3, 0.4) is 0 Å². The molecule has 3 nitrogen and oxygen atoms in total. The fraction of sp³-hybridized carbons (Fsp3) is 0.529. The number of fused-ring (bicyclic) bond motifs is 1. The van der Waals surface area contributed by atoms with E-state index in [1.807, 2.05) is 0 Å². The minimum absolute atomic E-state index is 0.965. The van der Waals surface area contributed by atoms with E-state index in [2.05, 4.69) is 66.3 Å². The summed E-state index contributed by atoms with van der Waals surface area (Å²) in [4.78, 5) is 2.24. The quantitative estimate of drug-likeness (QED) is 0.746. The highest BCUT2D eigenvalue weighted by atomic mass is 15.1. The van der Waals surface area contributed by atoms with Gasteiger partial charge in [0.1, 0.15) is 0 Å². The van der Waals surface area contributed by atoms with Gasteiger partial charge in [0.05, 0.1) is 0 Å². The standard InChI is InChI=1S/C17H27N3/c1-4-10-18-14-15-7-5-8-17-16(15)9-13-20(17)12-6-11-19(2)3/h5,7-9,13,18H,4,6,10-12,14H2,1-3H3. The first-order valence-electron chi connectivity index (χ1n) is 7.64. The molecule has 0 aliphatic rings. The van der Waals surface area contributed by atoms with E-state index in [9.17, 15) is 0 Å². The minimum atomic E-state index is 0.965. The summed E-state index contributed by atoms with van der Waals surface area (Å²) in [7, 11) is 4.26. The van der Waals surface area contributed by atoms with E-state index in [0.29, 0.717) is 0 Å². The summed E-state index contributed by atoms with van der Waals surface area (Å²) in [5, 5.41) is 4.88. The third-order valence-corrected chi connectivity index (χ3v) is 3.65. The number of nitrogens with one attached hydrogen (secondary N) is 1. The van der Waals surface area contributed by atoms with Crippen LogP contribution in [0.25, 0.3) is 10.9 Å². The van der Waals surface area contributed by atoms with Gasteiger partial charge in [-0.3, -0.25) is 0 Å². The molecule has 3 heteroatoms. The van der Waals surface area contributed by atoms with Gasteiger partial charge in [-0.1, -0.05) is 19.1 Å². The Morgan fingerprint density at radius 1 is 1.20 bits per heavy atom. The summed E-state index contributed by atoms with van der Waals surface area (Å²) >= 11 is 0. The van der Waals surface area contributed by atoms with Crippen molar-refractivity contribution in [3.63, 3.8) is 0 Å². The average molecular weight is 273 g/mol. The van der Waals surface area contributed by atoms with Gasteiger partial charge in [-0.05, 0) is 57.7 Å². The molecule has 0 fully saturated rings. The Labute approximate surface area is 122 Å². The van der Waals surface area contributed by atoms with E-state index >= 15 is 0 Å². The Morgan fingerprint density at radius 3 is 2.80 bits per heavy atom. The molecule has 2 aromatic rings. The number of hydrogen-bond acceptors (Lipinski definition) is 2. The van der Waals surface area contributed by atoms with E-state index in [1.54, 1.807) is 0 Å². The fourth-order valence-electron chi connectivity index (χ4n) is 2.59. The van der Waals surface area contributed by atoms with Crippen molar-refractivity contribution in [1.29, 1.82) is 0 Å². The SMILES string of the molecule is CCCNCc1cccc2c1ccn2CCCN(C)C. The van der Waals surface area contributed by atoms with E-state index in [-0.39, 0.29) is 0 Å². The number of aromatic nitrogens is 1. The molecule has 0 aliphatic heterocycles. The van der Waals surface area contributed by atoms with Gasteiger partial charge in [-0.25, -0.2) is 0 Å². The van der Waals surface area contributed by atoms with E-state index in [4.69, 9.17) is 0 Å². The lowest BCUT2D eigenvalue weighted by atomic mass is 10.1. The molecule has 110 valence electrons. The summed E-state index contributed by atoms with van der Waals surface area (Å²) in [6.45, 7) is 6.48. The Hall–Kier alpha value is -1.32. The van der Waals surface area contributed by atoms with Crippen molar-refractivity contribution in [2.45, 2.75) is 32.9 Å². The van der Waals surface area contributed by atoms with Gasteiger partial charge in [-0.2, -0.15) is 0 Å². The lowest BCUT2D eigenvalue weighted by Gasteiger charge is -2.11. The Bertz CT molecular complexity index is 528. The molecule has 0 saturated heterocycles. The smallest absolute Gasteiger partial charge is 0.0483 e. The van der Waals surface area contributed by atoms with Crippen molar-refractivity contribution < 1.29 is 0 Å². The van der Waals surface area contributed by atoms with Crippen LogP contribution in [0, 0.1) is 0 Å². The molecule has 1 N–H and O–H groups in total. The van der Waals surface area contributed by atoms with Crippen molar-refractivity contribution in [3.8, 4) is 0 Å². The summed E-state index contributed by atoms with van der Waals surface area (Å²) < 4.78 is 2.38. The Morgan fingerprint density at radius 2 is 2.05 bits per heavy atom. The van der Waals surface area contributed by atoms with Crippen LogP contribution in [0.5, 0.6) is 0 Å². The number of benzene rings is 1. The maximum absolute atomic E-state index is 3.49. The van der Waals surface area contributed by atoms with E-state index < -0.39 is 0 Å². The number of hydrogen-bond donors (Lipinski definition) is 1. The molecule has 0 radical (unpaired) electrons. The second-order valence-electron chi connectivity index (χ2n) is 5.69. The predicted octanol–water partition coefficient (Wildman–Crippen LogP) is 3.09. The third-order valence-electron chi connectivity index (χ3n) is 3.65. The van der Waals surface area contributed by atoms with Crippen LogP contribution in [-0.2, 0) is 13.1 Å². The normalized spacial score (nSPS) is 11.6. The van der Waals surface area contributed by atoms with Crippen molar-refractivity contribution in [3.05, 3.63) is 36.0 Å². The predicted molar refractivity (Wildman–Crippen MR) is 87.1 cm³/mol. The van der Waals surface area contributed by atoms with Crippen LogP contribution in [0.1, 0.15) is 25.3 Å². The molecule has 1 heterocycles. The highest BCUT2D eigenvalue weighted by molar-refractivity contribution is 5.83. The fourth-order valence-corrected chi connectivity index (χ4v) is 2.59. The zero-order chi connectivity index (χ0) is 14.4. The molecule has 0 saturated carbocycles. The second kappa shape index (κ2) is 7.46. The maximum Gasteiger partial charge on any atom is 0.0483 e. The summed E-state index contributed by atoms with van der Waals surface area (Å²) in [5.74, 6) is 0. The number of aryl methyl sites for hydroxylation is 1. The van der Waals surface area contributed by atoms with Gasteiger partial charge in [-0.15, -0.1) is 0 Å². The number of nitrogens with zero attached hydrogens (tertiary/aromatic N) is 2. The van der Waals surface area contributed by atoms with Gasteiger partial charge in [0.15, 0.2) is 0 Å². The minimum Gasteiger partial charge on any atom is -0.347 e. The Balaban J connectivity index is 2.08. The van der Waals surface area contributed by atoms with Crippen LogP contribution in [0.15, 0.2) is 30.5 Å². The molecule has 0 amide bonds. The molecule has 1 aromatic heterocycles. The highest BCUT2D eigenvalue weighted by Crippen LogP contribution is 2.20. The topological polar surface area (TPSA) is 20.2 Å². The lowest BCUT2D eigenvalue weighted by Crippen LogP contribution is -2.15. The molecule has 0 spiro atoms.